The lowest BCUT2D eigenvalue weighted by molar-refractivity contribution is -0.139. The van der Waals surface area contributed by atoms with Gasteiger partial charge in [-0.3, -0.25) is 14.6 Å². The summed E-state index contributed by atoms with van der Waals surface area (Å²) in [6.07, 6.45) is 16.6. The first-order valence-corrected chi connectivity index (χ1v) is 11.5. The Kier molecular flexibility index (Phi) is 8.53. The molecule has 6 heteroatoms. The summed E-state index contributed by atoms with van der Waals surface area (Å²) in [5, 5.41) is 3.20. The first-order chi connectivity index (χ1) is 14.2. The molecule has 2 amide bonds. The number of hydrogen-bond acceptors (Lipinski definition) is 3. The molecule has 1 heterocycles. The van der Waals surface area contributed by atoms with Gasteiger partial charge < -0.3 is 10.2 Å². The van der Waals surface area contributed by atoms with Crippen molar-refractivity contribution >= 4 is 23.4 Å². The van der Waals surface area contributed by atoms with Gasteiger partial charge in [0.15, 0.2) is 0 Å². The van der Waals surface area contributed by atoms with Crippen molar-refractivity contribution in [2.24, 2.45) is 0 Å². The third kappa shape index (κ3) is 6.30. The molecule has 1 saturated carbocycles. The Balaban J connectivity index is 1.80. The lowest BCUT2D eigenvalue weighted by atomic mass is 9.94. The van der Waals surface area contributed by atoms with Crippen LogP contribution in [0.1, 0.15) is 75.8 Å². The molecule has 2 aliphatic carbocycles. The average molecular weight is 418 g/mol. The van der Waals surface area contributed by atoms with Crippen molar-refractivity contribution in [1.29, 1.82) is 0 Å². The van der Waals surface area contributed by atoms with Crippen LogP contribution in [0.15, 0.2) is 36.2 Å². The number of hydrogen-bond donors (Lipinski definition) is 1. The number of halogens is 1. The van der Waals surface area contributed by atoms with E-state index in [4.69, 9.17) is 11.6 Å². The van der Waals surface area contributed by atoms with Gasteiger partial charge in [-0.2, -0.15) is 0 Å². The predicted octanol–water partition coefficient (Wildman–Crippen LogP) is 4.53. The molecule has 29 heavy (non-hydrogen) atoms. The number of aromatic nitrogens is 1. The van der Waals surface area contributed by atoms with Crippen molar-refractivity contribution < 1.29 is 9.59 Å². The number of amides is 2. The third-order valence-corrected chi connectivity index (χ3v) is 6.26. The van der Waals surface area contributed by atoms with Crippen molar-refractivity contribution in [1.82, 2.24) is 15.2 Å². The molecule has 158 valence electrons. The molecule has 0 bridgehead atoms. The second-order valence-electron chi connectivity index (χ2n) is 8.11. The average Bonchev–Trinajstić information content (AvgIpc) is 2.78. The lowest BCUT2D eigenvalue weighted by Crippen LogP contribution is -2.47. The molecule has 0 spiro atoms. The van der Waals surface area contributed by atoms with E-state index >= 15 is 0 Å². The second-order valence-corrected chi connectivity index (χ2v) is 8.37. The molecule has 1 N–H and O–H groups in total. The number of nitrogens with one attached hydrogen (secondary N) is 1. The summed E-state index contributed by atoms with van der Waals surface area (Å²) in [6, 6.07) is 3.16. The maximum absolute atomic E-state index is 13.3. The molecule has 1 atom stereocenters. The first-order valence-electron chi connectivity index (χ1n) is 10.9. The van der Waals surface area contributed by atoms with Gasteiger partial charge in [0.05, 0.1) is 0 Å². The fraction of sp³-hybridized carbons (Fsp3) is 0.609. The van der Waals surface area contributed by atoms with E-state index < -0.39 is 6.04 Å². The molecular weight excluding hydrogens is 386 g/mol. The van der Waals surface area contributed by atoms with Gasteiger partial charge >= 0.3 is 0 Å². The highest BCUT2D eigenvalue weighted by atomic mass is 35.5. The van der Waals surface area contributed by atoms with Gasteiger partial charge in [0.2, 0.25) is 11.8 Å². The Labute approximate surface area is 178 Å². The number of allylic oxidation sites excluding steroid dienone is 1. The van der Waals surface area contributed by atoms with E-state index in [0.717, 1.165) is 50.5 Å². The van der Waals surface area contributed by atoms with Crippen LogP contribution in [0.5, 0.6) is 0 Å². The Hall–Kier alpha value is -1.88. The van der Waals surface area contributed by atoms with Crippen molar-refractivity contribution in [2.75, 3.05) is 12.4 Å². The van der Waals surface area contributed by atoms with Crippen molar-refractivity contribution in [3.63, 3.8) is 0 Å². The molecule has 0 aliphatic heterocycles. The maximum atomic E-state index is 13.3. The molecule has 5 nitrogen and oxygen atoms in total. The molecule has 3 rings (SSSR count). The summed E-state index contributed by atoms with van der Waals surface area (Å²) >= 11 is 5.95. The molecule has 1 aromatic heterocycles. The normalized spacial score (nSPS) is 18.6. The lowest BCUT2D eigenvalue weighted by Gasteiger charge is -2.33. The first kappa shape index (κ1) is 21.8. The van der Waals surface area contributed by atoms with Gasteiger partial charge in [-0.05, 0) is 62.6 Å². The summed E-state index contributed by atoms with van der Waals surface area (Å²) < 4.78 is 0. The monoisotopic (exact) mass is 417 g/mol. The highest BCUT2D eigenvalue weighted by molar-refractivity contribution is 6.27. The number of alkyl halides is 1. The molecule has 1 fully saturated rings. The summed E-state index contributed by atoms with van der Waals surface area (Å²) in [5.74, 6) is -0.444. The van der Waals surface area contributed by atoms with Crippen LogP contribution >= 0.6 is 11.6 Å². The van der Waals surface area contributed by atoms with Crippen molar-refractivity contribution in [2.45, 2.75) is 76.3 Å². The number of nitrogens with zero attached hydrogens (tertiary/aromatic N) is 2. The zero-order chi connectivity index (χ0) is 20.5. The fourth-order valence-corrected chi connectivity index (χ4v) is 4.57. The molecule has 2 aliphatic rings. The van der Waals surface area contributed by atoms with E-state index in [2.05, 4.69) is 16.4 Å². The van der Waals surface area contributed by atoms with Gasteiger partial charge in [0.1, 0.15) is 11.9 Å². The molecular formula is C23H32ClN3O2. The van der Waals surface area contributed by atoms with Crippen LogP contribution in [0.3, 0.4) is 0 Å². The Morgan fingerprint density at radius 2 is 1.90 bits per heavy atom. The number of rotatable bonds is 8. The van der Waals surface area contributed by atoms with Crippen LogP contribution in [0.25, 0.3) is 0 Å². The maximum Gasteiger partial charge on any atom is 0.247 e. The van der Waals surface area contributed by atoms with Crippen LogP contribution in [0, 0.1) is 0 Å². The minimum Gasteiger partial charge on any atom is -0.351 e. The minimum atomic E-state index is -0.671. The highest BCUT2D eigenvalue weighted by Gasteiger charge is 2.32. The Morgan fingerprint density at radius 3 is 2.55 bits per heavy atom. The van der Waals surface area contributed by atoms with Crippen LogP contribution < -0.4 is 5.32 Å². The molecule has 0 radical (unpaired) electrons. The van der Waals surface area contributed by atoms with E-state index in [1.807, 2.05) is 12.1 Å². The van der Waals surface area contributed by atoms with Crippen LogP contribution in [-0.4, -0.2) is 40.2 Å². The van der Waals surface area contributed by atoms with Crippen LogP contribution in [-0.2, 0) is 9.59 Å². The largest absolute Gasteiger partial charge is 0.351 e. The van der Waals surface area contributed by atoms with Crippen molar-refractivity contribution in [3.8, 4) is 0 Å². The third-order valence-electron chi connectivity index (χ3n) is 6.03. The Bertz CT molecular complexity index is 701. The van der Waals surface area contributed by atoms with Gasteiger partial charge in [-0.15, -0.1) is 11.6 Å². The molecule has 0 saturated heterocycles. The molecule has 0 aromatic carbocycles. The van der Waals surface area contributed by atoms with E-state index in [1.54, 1.807) is 17.3 Å². The number of carbonyl (C=O) groups is 2. The zero-order valence-electron chi connectivity index (χ0n) is 17.1. The second kappa shape index (κ2) is 11.3. The predicted molar refractivity (Wildman–Crippen MR) is 116 cm³/mol. The van der Waals surface area contributed by atoms with E-state index in [-0.39, 0.29) is 23.7 Å². The van der Waals surface area contributed by atoms with Gasteiger partial charge in [-0.25, -0.2) is 0 Å². The minimum absolute atomic E-state index is 0.112. The van der Waals surface area contributed by atoms with E-state index in [1.165, 1.54) is 24.8 Å². The van der Waals surface area contributed by atoms with Gasteiger partial charge in [-0.1, -0.05) is 30.9 Å². The van der Waals surface area contributed by atoms with E-state index in [0.29, 0.717) is 6.54 Å². The highest BCUT2D eigenvalue weighted by Crippen LogP contribution is 2.26. The smallest absolute Gasteiger partial charge is 0.247 e. The summed E-state index contributed by atoms with van der Waals surface area (Å²) in [5.41, 5.74) is 2.16. The van der Waals surface area contributed by atoms with Crippen LogP contribution in [0.4, 0.5) is 0 Å². The fourth-order valence-electron chi connectivity index (χ4n) is 4.42. The number of pyridine rings is 1. The topological polar surface area (TPSA) is 62.3 Å². The van der Waals surface area contributed by atoms with Crippen molar-refractivity contribution in [3.05, 3.63) is 41.7 Å². The summed E-state index contributed by atoms with van der Waals surface area (Å²) in [4.78, 5) is 31.9. The van der Waals surface area contributed by atoms with E-state index in [9.17, 15) is 9.59 Å². The SMILES string of the molecule is O=C(NC1CCCCC1)[C@H](c1ccncc1)N(CCC1=CCCCC1)C(=O)CCl. The van der Waals surface area contributed by atoms with Crippen LogP contribution in [0.2, 0.25) is 0 Å². The summed E-state index contributed by atoms with van der Waals surface area (Å²) in [6.45, 7) is 0.502. The Morgan fingerprint density at radius 1 is 1.14 bits per heavy atom. The molecule has 0 unspecified atom stereocenters. The quantitative estimate of drug-likeness (QED) is 0.499. The number of carbonyl (C=O) groups excluding carboxylic acids is 2. The standard InChI is InChI=1S/C23H32ClN3O2/c24-17-21(28)27(16-13-18-7-3-1-4-8-18)22(19-11-14-25-15-12-19)23(29)26-20-9-5-2-6-10-20/h7,11-12,14-15,20,22H,1-6,8-10,13,16-17H2,(H,26,29)/t22-/m0/s1. The van der Waals surface area contributed by atoms with Gasteiger partial charge in [0, 0.05) is 25.0 Å². The zero-order valence-corrected chi connectivity index (χ0v) is 17.9. The summed E-state index contributed by atoms with van der Waals surface area (Å²) in [7, 11) is 0. The molecule has 1 aromatic rings. The van der Waals surface area contributed by atoms with Gasteiger partial charge in [0.25, 0.3) is 0 Å².